The number of ether oxygens (including phenoxy) is 1. The standard InChI is InChI=1S/C22H34N6O/c1-18-15-26-28(17-18)14-6-11-24-22(23-2)25-16-21(27-12-4-5-13-27)19-7-9-20(29-3)10-8-19/h7-10,15,17,21H,4-6,11-14,16H2,1-3H3,(H2,23,24,25). The molecule has 1 atom stereocenters. The molecule has 0 amide bonds. The summed E-state index contributed by atoms with van der Waals surface area (Å²) in [5.74, 6) is 1.74. The van der Waals surface area contributed by atoms with E-state index < -0.39 is 0 Å². The van der Waals surface area contributed by atoms with Crippen molar-refractivity contribution >= 4 is 5.96 Å². The van der Waals surface area contributed by atoms with Crippen LogP contribution in [-0.4, -0.2) is 61.0 Å². The van der Waals surface area contributed by atoms with Crippen molar-refractivity contribution in [2.75, 3.05) is 40.3 Å². The van der Waals surface area contributed by atoms with E-state index in [2.05, 4.69) is 50.9 Å². The molecule has 0 bridgehead atoms. The van der Waals surface area contributed by atoms with Gasteiger partial charge >= 0.3 is 0 Å². The summed E-state index contributed by atoms with van der Waals surface area (Å²) in [6, 6.07) is 8.76. The van der Waals surface area contributed by atoms with Gasteiger partial charge in [-0.1, -0.05) is 12.1 Å². The van der Waals surface area contributed by atoms with Crippen LogP contribution in [0.3, 0.4) is 0 Å². The Morgan fingerprint density at radius 3 is 2.59 bits per heavy atom. The Kier molecular flexibility index (Phi) is 7.93. The molecular formula is C22H34N6O. The molecule has 1 unspecified atom stereocenters. The zero-order chi connectivity index (χ0) is 20.5. The van der Waals surface area contributed by atoms with Gasteiger partial charge in [-0.05, 0) is 62.5 Å². The van der Waals surface area contributed by atoms with E-state index in [0.29, 0.717) is 6.04 Å². The number of likely N-dealkylation sites (tertiary alicyclic amines) is 1. The zero-order valence-corrected chi connectivity index (χ0v) is 17.9. The Morgan fingerprint density at radius 1 is 1.21 bits per heavy atom. The van der Waals surface area contributed by atoms with Gasteiger partial charge in [-0.25, -0.2) is 0 Å². The quantitative estimate of drug-likeness (QED) is 0.386. The molecule has 2 N–H and O–H groups in total. The normalized spacial score (nSPS) is 16.0. The number of nitrogens with one attached hydrogen (secondary N) is 2. The predicted octanol–water partition coefficient (Wildman–Crippen LogP) is 2.59. The lowest BCUT2D eigenvalue weighted by atomic mass is 10.1. The van der Waals surface area contributed by atoms with Gasteiger partial charge in [0.05, 0.1) is 19.3 Å². The summed E-state index contributed by atoms with van der Waals surface area (Å²) in [6.07, 6.45) is 7.50. The number of methoxy groups -OCH3 is 1. The predicted molar refractivity (Wildman–Crippen MR) is 117 cm³/mol. The van der Waals surface area contributed by atoms with Crippen LogP contribution in [0, 0.1) is 6.92 Å². The second-order valence-electron chi connectivity index (χ2n) is 7.55. The van der Waals surface area contributed by atoms with Crippen molar-refractivity contribution in [3.63, 3.8) is 0 Å². The van der Waals surface area contributed by atoms with Crippen LogP contribution in [0.15, 0.2) is 41.7 Å². The molecule has 1 saturated heterocycles. The van der Waals surface area contributed by atoms with Crippen molar-refractivity contribution in [1.82, 2.24) is 25.3 Å². The molecular weight excluding hydrogens is 364 g/mol. The van der Waals surface area contributed by atoms with E-state index in [9.17, 15) is 0 Å². The molecule has 2 heterocycles. The molecule has 0 aliphatic carbocycles. The molecule has 7 heteroatoms. The topological polar surface area (TPSA) is 66.7 Å². The SMILES string of the molecule is CN=C(NCCCn1cc(C)cn1)NCC(c1ccc(OC)cc1)N1CCCC1. The summed E-state index contributed by atoms with van der Waals surface area (Å²) in [5.41, 5.74) is 2.51. The van der Waals surface area contributed by atoms with Gasteiger partial charge in [0.1, 0.15) is 5.75 Å². The Labute approximate surface area is 174 Å². The van der Waals surface area contributed by atoms with Gasteiger partial charge in [0.25, 0.3) is 0 Å². The van der Waals surface area contributed by atoms with E-state index in [0.717, 1.165) is 50.9 Å². The lowest BCUT2D eigenvalue weighted by Gasteiger charge is -2.29. The minimum absolute atomic E-state index is 0.328. The average molecular weight is 399 g/mol. The number of benzene rings is 1. The van der Waals surface area contributed by atoms with E-state index in [1.54, 1.807) is 7.11 Å². The lowest BCUT2D eigenvalue weighted by Crippen LogP contribution is -2.43. The molecule has 0 spiro atoms. The number of nitrogens with zero attached hydrogens (tertiary/aromatic N) is 4. The first-order valence-corrected chi connectivity index (χ1v) is 10.5. The molecule has 3 rings (SSSR count). The Morgan fingerprint density at radius 2 is 1.97 bits per heavy atom. The van der Waals surface area contributed by atoms with E-state index in [1.807, 2.05) is 30.1 Å². The lowest BCUT2D eigenvalue weighted by molar-refractivity contribution is 0.245. The molecule has 1 aromatic heterocycles. The number of aromatic nitrogens is 2. The van der Waals surface area contributed by atoms with Crippen molar-refractivity contribution in [2.45, 2.75) is 38.8 Å². The summed E-state index contributed by atoms with van der Waals surface area (Å²) < 4.78 is 7.30. The third-order valence-corrected chi connectivity index (χ3v) is 5.39. The number of aliphatic imine (C=N–C) groups is 1. The fourth-order valence-corrected chi connectivity index (χ4v) is 3.79. The van der Waals surface area contributed by atoms with Crippen molar-refractivity contribution in [3.8, 4) is 5.75 Å². The van der Waals surface area contributed by atoms with Crippen LogP contribution in [0.25, 0.3) is 0 Å². The monoisotopic (exact) mass is 398 g/mol. The van der Waals surface area contributed by atoms with Crippen LogP contribution in [0.5, 0.6) is 5.75 Å². The first-order valence-electron chi connectivity index (χ1n) is 10.5. The van der Waals surface area contributed by atoms with Gasteiger partial charge < -0.3 is 15.4 Å². The van der Waals surface area contributed by atoms with Crippen LogP contribution in [0.1, 0.15) is 36.4 Å². The van der Waals surface area contributed by atoms with Gasteiger partial charge in [-0.3, -0.25) is 14.6 Å². The van der Waals surface area contributed by atoms with Crippen molar-refractivity contribution in [1.29, 1.82) is 0 Å². The highest BCUT2D eigenvalue weighted by atomic mass is 16.5. The molecule has 0 saturated carbocycles. The largest absolute Gasteiger partial charge is 0.497 e. The van der Waals surface area contributed by atoms with E-state index in [4.69, 9.17) is 4.74 Å². The summed E-state index contributed by atoms with van der Waals surface area (Å²) in [6.45, 7) is 6.94. The molecule has 0 radical (unpaired) electrons. The molecule has 1 fully saturated rings. The first kappa shape index (κ1) is 21.2. The van der Waals surface area contributed by atoms with Crippen molar-refractivity contribution < 1.29 is 4.74 Å². The highest BCUT2D eigenvalue weighted by Crippen LogP contribution is 2.26. The molecule has 2 aromatic rings. The van der Waals surface area contributed by atoms with Crippen LogP contribution in [0.2, 0.25) is 0 Å². The zero-order valence-electron chi connectivity index (χ0n) is 17.9. The van der Waals surface area contributed by atoms with Crippen molar-refractivity contribution in [3.05, 3.63) is 47.8 Å². The number of guanidine groups is 1. The van der Waals surface area contributed by atoms with Crippen molar-refractivity contribution in [2.24, 2.45) is 4.99 Å². The third-order valence-electron chi connectivity index (χ3n) is 5.39. The number of hydrogen-bond donors (Lipinski definition) is 2. The minimum atomic E-state index is 0.328. The Balaban J connectivity index is 1.51. The van der Waals surface area contributed by atoms with E-state index in [-0.39, 0.29) is 0 Å². The minimum Gasteiger partial charge on any atom is -0.497 e. The smallest absolute Gasteiger partial charge is 0.191 e. The van der Waals surface area contributed by atoms with Crippen LogP contribution < -0.4 is 15.4 Å². The maximum atomic E-state index is 5.31. The molecule has 7 nitrogen and oxygen atoms in total. The number of rotatable bonds is 9. The van der Waals surface area contributed by atoms with E-state index in [1.165, 1.54) is 24.0 Å². The fraction of sp³-hybridized carbons (Fsp3) is 0.545. The van der Waals surface area contributed by atoms with Gasteiger partial charge in [0.2, 0.25) is 0 Å². The van der Waals surface area contributed by atoms with Crippen LogP contribution >= 0.6 is 0 Å². The Bertz CT molecular complexity index is 764. The maximum absolute atomic E-state index is 5.31. The summed E-state index contributed by atoms with van der Waals surface area (Å²) in [4.78, 5) is 6.95. The van der Waals surface area contributed by atoms with Crippen LogP contribution in [0.4, 0.5) is 0 Å². The third kappa shape index (κ3) is 6.22. The number of hydrogen-bond acceptors (Lipinski definition) is 4. The highest BCUT2D eigenvalue weighted by Gasteiger charge is 2.23. The second kappa shape index (κ2) is 10.9. The number of aryl methyl sites for hydroxylation is 2. The molecule has 29 heavy (non-hydrogen) atoms. The van der Waals surface area contributed by atoms with Gasteiger partial charge in [0.15, 0.2) is 5.96 Å². The summed E-state index contributed by atoms with van der Waals surface area (Å²) >= 11 is 0. The highest BCUT2D eigenvalue weighted by molar-refractivity contribution is 5.79. The first-order chi connectivity index (χ1) is 14.2. The van der Waals surface area contributed by atoms with Crippen LogP contribution in [-0.2, 0) is 6.54 Å². The molecule has 1 aliphatic rings. The Hall–Kier alpha value is -2.54. The summed E-state index contributed by atoms with van der Waals surface area (Å²) in [7, 11) is 3.53. The molecule has 1 aliphatic heterocycles. The maximum Gasteiger partial charge on any atom is 0.191 e. The fourth-order valence-electron chi connectivity index (χ4n) is 3.79. The van der Waals surface area contributed by atoms with Gasteiger partial charge in [-0.15, -0.1) is 0 Å². The summed E-state index contributed by atoms with van der Waals surface area (Å²) in [5, 5.41) is 11.3. The molecule has 158 valence electrons. The second-order valence-corrected chi connectivity index (χ2v) is 7.55. The van der Waals surface area contributed by atoms with E-state index >= 15 is 0 Å². The molecule has 1 aromatic carbocycles. The van der Waals surface area contributed by atoms with Gasteiger partial charge in [-0.2, -0.15) is 5.10 Å². The average Bonchev–Trinajstić information content (AvgIpc) is 3.42. The van der Waals surface area contributed by atoms with Gasteiger partial charge in [0, 0.05) is 32.9 Å².